The molecule has 0 aromatic carbocycles. The van der Waals surface area contributed by atoms with Gasteiger partial charge in [-0.1, -0.05) is 12.8 Å². The number of carbonyl (C=O) groups is 1. The van der Waals surface area contributed by atoms with Gasteiger partial charge in [-0.25, -0.2) is 0 Å². The maximum atomic E-state index is 12.3. The van der Waals surface area contributed by atoms with Crippen LogP contribution in [0, 0.1) is 5.92 Å². The lowest BCUT2D eigenvalue weighted by molar-refractivity contribution is -0.136. The van der Waals surface area contributed by atoms with Crippen molar-refractivity contribution in [3.8, 4) is 0 Å². The van der Waals surface area contributed by atoms with Crippen LogP contribution < -0.4 is 5.32 Å². The van der Waals surface area contributed by atoms with E-state index in [4.69, 9.17) is 0 Å². The maximum Gasteiger partial charge on any atom is 0.240 e. The molecule has 1 saturated heterocycles. The molecule has 0 spiro atoms. The van der Waals surface area contributed by atoms with Crippen LogP contribution in [0.1, 0.15) is 25.7 Å². The van der Waals surface area contributed by atoms with E-state index in [9.17, 15) is 4.79 Å². The van der Waals surface area contributed by atoms with E-state index in [0.29, 0.717) is 0 Å². The molecule has 1 unspecified atom stereocenters. The number of hydrogen-bond donors (Lipinski definition) is 1. The zero-order chi connectivity index (χ0) is 12.3. The molecular formula is C13H25N3O. The van der Waals surface area contributed by atoms with Crippen molar-refractivity contribution >= 4 is 5.91 Å². The standard InChI is InChI=1S/C13H25N3O/c1-15-8-7-14-9-12(15)13(17)16(2)10-11-5-3-4-6-11/h11-12,14H,3-10H2,1-2H3. The van der Waals surface area contributed by atoms with Crippen LogP contribution in [0.15, 0.2) is 0 Å². The molecule has 1 N–H and O–H groups in total. The van der Waals surface area contributed by atoms with E-state index in [1.165, 1.54) is 25.7 Å². The SMILES string of the molecule is CN(CC1CCCC1)C(=O)C1CNCCN1C. The van der Waals surface area contributed by atoms with Crippen molar-refractivity contribution in [1.29, 1.82) is 0 Å². The number of amides is 1. The Morgan fingerprint density at radius 1 is 1.41 bits per heavy atom. The predicted octanol–water partition coefficient (Wildman–Crippen LogP) is 0.539. The summed E-state index contributed by atoms with van der Waals surface area (Å²) < 4.78 is 0. The first-order valence-electron chi connectivity index (χ1n) is 6.84. The highest BCUT2D eigenvalue weighted by Crippen LogP contribution is 2.25. The summed E-state index contributed by atoms with van der Waals surface area (Å²) in [6.07, 6.45) is 5.29. The van der Waals surface area contributed by atoms with Crippen LogP contribution in [0.25, 0.3) is 0 Å². The van der Waals surface area contributed by atoms with E-state index >= 15 is 0 Å². The smallest absolute Gasteiger partial charge is 0.240 e. The molecule has 0 bridgehead atoms. The molecule has 17 heavy (non-hydrogen) atoms. The zero-order valence-electron chi connectivity index (χ0n) is 11.1. The van der Waals surface area contributed by atoms with Crippen LogP contribution in [-0.2, 0) is 4.79 Å². The van der Waals surface area contributed by atoms with E-state index in [2.05, 4.69) is 10.2 Å². The highest BCUT2D eigenvalue weighted by molar-refractivity contribution is 5.82. The molecule has 0 aromatic heterocycles. The molecule has 1 aliphatic carbocycles. The molecule has 2 aliphatic rings. The Labute approximate surface area is 104 Å². The van der Waals surface area contributed by atoms with Crippen LogP contribution >= 0.6 is 0 Å². The summed E-state index contributed by atoms with van der Waals surface area (Å²) in [5.74, 6) is 1.03. The molecule has 4 nitrogen and oxygen atoms in total. The third kappa shape index (κ3) is 3.19. The Morgan fingerprint density at radius 3 is 2.76 bits per heavy atom. The summed E-state index contributed by atoms with van der Waals surface area (Å²) >= 11 is 0. The van der Waals surface area contributed by atoms with E-state index in [1.807, 2.05) is 19.0 Å². The normalized spacial score (nSPS) is 27.3. The second-order valence-electron chi connectivity index (χ2n) is 5.57. The lowest BCUT2D eigenvalue weighted by Gasteiger charge is -2.35. The molecule has 4 heteroatoms. The van der Waals surface area contributed by atoms with Gasteiger partial charge in [0, 0.05) is 33.2 Å². The first-order valence-corrected chi connectivity index (χ1v) is 6.84. The lowest BCUT2D eigenvalue weighted by atomic mass is 10.1. The van der Waals surface area contributed by atoms with Gasteiger partial charge in [0.2, 0.25) is 5.91 Å². The van der Waals surface area contributed by atoms with Gasteiger partial charge < -0.3 is 10.2 Å². The number of piperazine rings is 1. The largest absolute Gasteiger partial charge is 0.344 e. The van der Waals surface area contributed by atoms with E-state index < -0.39 is 0 Å². The number of nitrogens with zero attached hydrogens (tertiary/aromatic N) is 2. The molecule has 1 heterocycles. The Kier molecular flexibility index (Phi) is 4.40. The number of rotatable bonds is 3. The highest BCUT2D eigenvalue weighted by atomic mass is 16.2. The Morgan fingerprint density at radius 2 is 2.12 bits per heavy atom. The van der Waals surface area contributed by atoms with Gasteiger partial charge in [0.15, 0.2) is 0 Å². The number of hydrogen-bond acceptors (Lipinski definition) is 3. The van der Waals surface area contributed by atoms with Gasteiger partial charge in [-0.3, -0.25) is 9.69 Å². The average Bonchev–Trinajstić information content (AvgIpc) is 2.81. The van der Waals surface area contributed by atoms with Gasteiger partial charge in [-0.2, -0.15) is 0 Å². The summed E-state index contributed by atoms with van der Waals surface area (Å²) in [5, 5.41) is 3.31. The van der Waals surface area contributed by atoms with Crippen molar-refractivity contribution in [1.82, 2.24) is 15.1 Å². The highest BCUT2D eigenvalue weighted by Gasteiger charge is 2.29. The molecule has 2 rings (SSSR count). The van der Waals surface area contributed by atoms with Crippen molar-refractivity contribution in [2.75, 3.05) is 40.3 Å². The van der Waals surface area contributed by atoms with Gasteiger partial charge in [0.1, 0.15) is 6.04 Å². The van der Waals surface area contributed by atoms with Crippen molar-refractivity contribution in [2.24, 2.45) is 5.92 Å². The lowest BCUT2D eigenvalue weighted by Crippen LogP contribution is -2.56. The number of nitrogens with one attached hydrogen (secondary N) is 1. The van der Waals surface area contributed by atoms with Gasteiger partial charge in [0.25, 0.3) is 0 Å². The first-order chi connectivity index (χ1) is 8.18. The molecule has 1 aliphatic heterocycles. The van der Waals surface area contributed by atoms with Gasteiger partial charge in [-0.15, -0.1) is 0 Å². The Bertz CT molecular complexity index is 263. The topological polar surface area (TPSA) is 35.6 Å². The van der Waals surface area contributed by atoms with Crippen molar-refractivity contribution in [3.63, 3.8) is 0 Å². The molecule has 1 atom stereocenters. The molecule has 1 amide bonds. The van der Waals surface area contributed by atoms with Crippen LogP contribution in [0.4, 0.5) is 0 Å². The summed E-state index contributed by atoms with van der Waals surface area (Å²) in [5.41, 5.74) is 0. The zero-order valence-corrected chi connectivity index (χ0v) is 11.1. The maximum absolute atomic E-state index is 12.3. The van der Waals surface area contributed by atoms with Gasteiger partial charge >= 0.3 is 0 Å². The third-order valence-electron chi connectivity index (χ3n) is 4.18. The van der Waals surface area contributed by atoms with Crippen LogP contribution in [-0.4, -0.2) is 62.0 Å². The average molecular weight is 239 g/mol. The van der Waals surface area contributed by atoms with Crippen LogP contribution in [0.2, 0.25) is 0 Å². The summed E-state index contributed by atoms with van der Waals surface area (Å²) in [4.78, 5) is 16.5. The monoisotopic (exact) mass is 239 g/mol. The molecule has 0 aromatic rings. The quantitative estimate of drug-likeness (QED) is 0.781. The number of likely N-dealkylation sites (N-methyl/N-ethyl adjacent to an activating group) is 2. The second-order valence-corrected chi connectivity index (χ2v) is 5.57. The minimum atomic E-state index is 0.0372. The Balaban J connectivity index is 1.84. The third-order valence-corrected chi connectivity index (χ3v) is 4.18. The summed E-state index contributed by atoms with van der Waals surface area (Å²) in [6, 6.07) is 0.0372. The van der Waals surface area contributed by atoms with Crippen molar-refractivity contribution < 1.29 is 4.79 Å². The van der Waals surface area contributed by atoms with Crippen molar-refractivity contribution in [3.05, 3.63) is 0 Å². The first kappa shape index (κ1) is 12.8. The fraction of sp³-hybridized carbons (Fsp3) is 0.923. The van der Waals surface area contributed by atoms with E-state index in [0.717, 1.165) is 32.1 Å². The summed E-state index contributed by atoms with van der Waals surface area (Å²) in [7, 11) is 4.01. The fourth-order valence-corrected chi connectivity index (χ4v) is 3.01. The molecule has 2 fully saturated rings. The van der Waals surface area contributed by atoms with Crippen LogP contribution in [0.5, 0.6) is 0 Å². The minimum absolute atomic E-state index is 0.0372. The predicted molar refractivity (Wildman–Crippen MR) is 68.9 cm³/mol. The Hall–Kier alpha value is -0.610. The van der Waals surface area contributed by atoms with Crippen molar-refractivity contribution in [2.45, 2.75) is 31.7 Å². The van der Waals surface area contributed by atoms with Gasteiger partial charge in [0.05, 0.1) is 0 Å². The molecule has 1 saturated carbocycles. The van der Waals surface area contributed by atoms with Gasteiger partial charge in [-0.05, 0) is 25.8 Å². The summed E-state index contributed by atoms with van der Waals surface area (Å²) in [6.45, 7) is 3.70. The molecule has 0 radical (unpaired) electrons. The second kappa shape index (κ2) is 5.83. The fourth-order valence-electron chi connectivity index (χ4n) is 3.01. The van der Waals surface area contributed by atoms with E-state index in [-0.39, 0.29) is 11.9 Å². The molecule has 98 valence electrons. The minimum Gasteiger partial charge on any atom is -0.344 e. The molecular weight excluding hydrogens is 214 g/mol. The van der Waals surface area contributed by atoms with Crippen LogP contribution in [0.3, 0.4) is 0 Å². The number of carbonyl (C=O) groups excluding carboxylic acids is 1. The van der Waals surface area contributed by atoms with E-state index in [1.54, 1.807) is 0 Å².